The van der Waals surface area contributed by atoms with Gasteiger partial charge < -0.3 is 10.0 Å². The van der Waals surface area contributed by atoms with E-state index in [4.69, 9.17) is 5.11 Å². The van der Waals surface area contributed by atoms with Gasteiger partial charge in [0.2, 0.25) is 10.0 Å². The number of hydrogen-bond acceptors (Lipinski definition) is 4. The summed E-state index contributed by atoms with van der Waals surface area (Å²) in [6.07, 6.45) is 0. The third kappa shape index (κ3) is 3.94. The number of sulfonamides is 1. The Kier molecular flexibility index (Phi) is 5.52. The monoisotopic (exact) mass is 300 g/mol. The van der Waals surface area contributed by atoms with Crippen LogP contribution in [0.25, 0.3) is 0 Å². The fourth-order valence-corrected chi connectivity index (χ4v) is 3.13. The quantitative estimate of drug-likeness (QED) is 0.792. The summed E-state index contributed by atoms with van der Waals surface area (Å²) in [7, 11) is -3.64. The number of carboxylic acid groups (broad SMARTS) is 1. The van der Waals surface area contributed by atoms with Crippen molar-refractivity contribution in [2.75, 3.05) is 18.0 Å². The third-order valence-electron chi connectivity index (χ3n) is 2.73. The smallest absolute Gasteiger partial charge is 0.323 e. The largest absolute Gasteiger partial charge is 0.480 e. The predicted octanol–water partition coefficient (Wildman–Crippen LogP) is 1.28. The van der Waals surface area contributed by atoms with E-state index in [0.717, 1.165) is 0 Å². The highest BCUT2D eigenvalue weighted by Gasteiger charge is 2.23. The van der Waals surface area contributed by atoms with Crippen molar-refractivity contribution in [3.05, 3.63) is 24.3 Å². The van der Waals surface area contributed by atoms with Gasteiger partial charge >= 0.3 is 5.97 Å². The van der Waals surface area contributed by atoms with Crippen LogP contribution in [0.5, 0.6) is 0 Å². The summed E-state index contributed by atoms with van der Waals surface area (Å²) >= 11 is 0. The Morgan fingerprint density at radius 1 is 1.35 bits per heavy atom. The number of aliphatic carboxylic acids is 1. The molecule has 0 amide bonds. The van der Waals surface area contributed by atoms with Gasteiger partial charge in [-0.15, -0.1) is 0 Å². The molecule has 0 spiro atoms. The number of rotatable bonds is 7. The Balaban J connectivity index is 3.33. The number of hydrogen-bond donors (Lipinski definition) is 2. The van der Waals surface area contributed by atoms with E-state index in [9.17, 15) is 13.2 Å². The summed E-state index contributed by atoms with van der Waals surface area (Å²) in [6.45, 7) is 5.35. The second-order valence-electron chi connectivity index (χ2n) is 4.58. The molecule has 1 aromatic carbocycles. The standard InChI is InChI=1S/C13H20N2O4S/c1-4-14-20(18,19)12-8-6-5-7-11(12)15(10(2)3)9-13(16)17/h5-8,10,14H,4,9H2,1-3H3,(H,16,17). The fourth-order valence-electron chi connectivity index (χ4n) is 1.88. The predicted molar refractivity (Wildman–Crippen MR) is 77.4 cm³/mol. The molecule has 20 heavy (non-hydrogen) atoms. The van der Waals surface area contributed by atoms with Crippen molar-refractivity contribution in [2.24, 2.45) is 0 Å². The summed E-state index contributed by atoms with van der Waals surface area (Å²) in [5.74, 6) is -1.01. The molecule has 7 heteroatoms. The van der Waals surface area contributed by atoms with Crippen molar-refractivity contribution in [1.82, 2.24) is 4.72 Å². The van der Waals surface area contributed by atoms with E-state index < -0.39 is 16.0 Å². The normalized spacial score (nSPS) is 11.6. The van der Waals surface area contributed by atoms with Crippen LogP contribution in [0.2, 0.25) is 0 Å². The highest BCUT2D eigenvalue weighted by atomic mass is 32.2. The molecular formula is C13H20N2O4S. The molecule has 0 heterocycles. The Bertz CT molecular complexity index is 569. The molecule has 0 unspecified atom stereocenters. The summed E-state index contributed by atoms with van der Waals surface area (Å²) in [5.41, 5.74) is 0.394. The van der Waals surface area contributed by atoms with E-state index in [1.807, 2.05) is 13.8 Å². The molecule has 0 radical (unpaired) electrons. The van der Waals surface area contributed by atoms with Crippen molar-refractivity contribution in [1.29, 1.82) is 0 Å². The number of nitrogens with zero attached hydrogens (tertiary/aromatic N) is 1. The number of para-hydroxylation sites is 1. The lowest BCUT2D eigenvalue weighted by atomic mass is 10.2. The van der Waals surface area contributed by atoms with Crippen LogP contribution in [-0.4, -0.2) is 38.6 Å². The lowest BCUT2D eigenvalue weighted by molar-refractivity contribution is -0.135. The molecule has 2 N–H and O–H groups in total. The van der Waals surface area contributed by atoms with Crippen LogP contribution >= 0.6 is 0 Å². The molecule has 0 saturated carbocycles. The van der Waals surface area contributed by atoms with Gasteiger partial charge in [-0.05, 0) is 26.0 Å². The highest BCUT2D eigenvalue weighted by Crippen LogP contribution is 2.26. The maximum Gasteiger partial charge on any atom is 0.323 e. The number of carbonyl (C=O) groups is 1. The zero-order valence-corrected chi connectivity index (χ0v) is 12.6. The SMILES string of the molecule is CCNS(=O)(=O)c1ccccc1N(CC(=O)O)C(C)C. The molecule has 0 atom stereocenters. The molecule has 0 aliphatic heterocycles. The van der Waals surface area contributed by atoms with Crippen molar-refractivity contribution >= 4 is 21.7 Å². The van der Waals surface area contributed by atoms with Gasteiger partial charge in [-0.25, -0.2) is 13.1 Å². The summed E-state index contributed by atoms with van der Waals surface area (Å²) in [4.78, 5) is 12.6. The van der Waals surface area contributed by atoms with E-state index in [1.54, 1.807) is 30.0 Å². The molecule has 0 fully saturated rings. The first-order valence-electron chi connectivity index (χ1n) is 6.36. The van der Waals surface area contributed by atoms with Crippen LogP contribution in [0.1, 0.15) is 20.8 Å². The molecular weight excluding hydrogens is 280 g/mol. The van der Waals surface area contributed by atoms with E-state index >= 15 is 0 Å². The van der Waals surface area contributed by atoms with Crippen LogP contribution in [0.4, 0.5) is 5.69 Å². The maximum atomic E-state index is 12.2. The molecule has 1 rings (SSSR count). The van der Waals surface area contributed by atoms with Crippen molar-refractivity contribution in [3.63, 3.8) is 0 Å². The van der Waals surface area contributed by atoms with Crippen LogP contribution < -0.4 is 9.62 Å². The number of anilines is 1. The molecule has 1 aromatic rings. The molecule has 112 valence electrons. The molecule has 0 aliphatic rings. The van der Waals surface area contributed by atoms with Crippen molar-refractivity contribution in [2.45, 2.75) is 31.7 Å². The minimum Gasteiger partial charge on any atom is -0.480 e. The van der Waals surface area contributed by atoms with Gasteiger partial charge in [0.1, 0.15) is 11.4 Å². The van der Waals surface area contributed by atoms with Crippen LogP contribution in [-0.2, 0) is 14.8 Å². The average Bonchev–Trinajstić information content (AvgIpc) is 2.35. The number of benzene rings is 1. The zero-order chi connectivity index (χ0) is 15.3. The maximum absolute atomic E-state index is 12.2. The Morgan fingerprint density at radius 3 is 2.45 bits per heavy atom. The topological polar surface area (TPSA) is 86.7 Å². The van der Waals surface area contributed by atoms with Crippen molar-refractivity contribution < 1.29 is 18.3 Å². The molecule has 0 saturated heterocycles. The van der Waals surface area contributed by atoms with Gasteiger partial charge in [0.15, 0.2) is 0 Å². The number of carboxylic acids is 1. The van der Waals surface area contributed by atoms with Crippen LogP contribution in [0.15, 0.2) is 29.2 Å². The molecule has 0 bridgehead atoms. The van der Waals surface area contributed by atoms with Crippen LogP contribution in [0.3, 0.4) is 0 Å². The molecule has 0 aliphatic carbocycles. The minimum absolute atomic E-state index is 0.0943. The first-order chi connectivity index (χ1) is 9.29. The van der Waals surface area contributed by atoms with Gasteiger partial charge in [0, 0.05) is 12.6 Å². The molecule has 0 aromatic heterocycles. The van der Waals surface area contributed by atoms with Gasteiger partial charge in [-0.2, -0.15) is 0 Å². The summed E-state index contributed by atoms with van der Waals surface area (Å²) in [6, 6.07) is 6.27. The zero-order valence-electron chi connectivity index (χ0n) is 11.8. The van der Waals surface area contributed by atoms with Crippen LogP contribution in [0, 0.1) is 0 Å². The van der Waals surface area contributed by atoms with Gasteiger partial charge in [-0.1, -0.05) is 19.1 Å². The van der Waals surface area contributed by atoms with Gasteiger partial charge in [-0.3, -0.25) is 4.79 Å². The lowest BCUT2D eigenvalue weighted by Crippen LogP contribution is -2.37. The lowest BCUT2D eigenvalue weighted by Gasteiger charge is -2.29. The van der Waals surface area contributed by atoms with E-state index in [-0.39, 0.29) is 24.0 Å². The Hall–Kier alpha value is -1.60. The fraction of sp³-hybridized carbons (Fsp3) is 0.462. The summed E-state index contributed by atoms with van der Waals surface area (Å²) < 4.78 is 26.8. The van der Waals surface area contributed by atoms with E-state index in [0.29, 0.717) is 5.69 Å². The van der Waals surface area contributed by atoms with Gasteiger partial charge in [0.05, 0.1) is 5.69 Å². The third-order valence-corrected chi connectivity index (χ3v) is 4.32. The Morgan fingerprint density at radius 2 is 1.95 bits per heavy atom. The second-order valence-corrected chi connectivity index (χ2v) is 6.32. The summed E-state index contributed by atoms with van der Waals surface area (Å²) in [5, 5.41) is 8.98. The Labute approximate surface area is 119 Å². The second kappa shape index (κ2) is 6.71. The van der Waals surface area contributed by atoms with Gasteiger partial charge in [0.25, 0.3) is 0 Å². The molecule has 6 nitrogen and oxygen atoms in total. The highest BCUT2D eigenvalue weighted by molar-refractivity contribution is 7.89. The first-order valence-corrected chi connectivity index (χ1v) is 7.85. The minimum atomic E-state index is -3.64. The van der Waals surface area contributed by atoms with E-state index in [2.05, 4.69) is 4.72 Å². The average molecular weight is 300 g/mol. The van der Waals surface area contributed by atoms with E-state index in [1.165, 1.54) is 6.07 Å². The first kappa shape index (κ1) is 16.5. The number of nitrogens with one attached hydrogen (secondary N) is 1. The van der Waals surface area contributed by atoms with Crippen molar-refractivity contribution in [3.8, 4) is 0 Å².